The third-order valence-electron chi connectivity index (χ3n) is 4.77. The first-order valence-electron chi connectivity index (χ1n) is 8.27. The Hall–Kier alpha value is -2.71. The summed E-state index contributed by atoms with van der Waals surface area (Å²) in [5, 5.41) is 6.08. The highest BCUT2D eigenvalue weighted by Crippen LogP contribution is 2.42. The van der Waals surface area contributed by atoms with E-state index in [1.807, 2.05) is 12.3 Å². The molecule has 0 aliphatic carbocycles. The van der Waals surface area contributed by atoms with Gasteiger partial charge in [-0.1, -0.05) is 72.8 Å². The normalized spacial score (nSPS) is 11.4. The zero-order chi connectivity index (χ0) is 16.8. The van der Waals surface area contributed by atoms with Crippen LogP contribution >= 0.6 is 15.9 Å². The zero-order valence-electron chi connectivity index (χ0n) is 13.4. The molecule has 0 aliphatic rings. The van der Waals surface area contributed by atoms with E-state index in [0.717, 1.165) is 15.4 Å². The van der Waals surface area contributed by atoms with Gasteiger partial charge in [-0.15, -0.1) is 0 Å². The van der Waals surface area contributed by atoms with Gasteiger partial charge in [0.1, 0.15) is 0 Å². The van der Waals surface area contributed by atoms with E-state index >= 15 is 0 Å². The Kier molecular flexibility index (Phi) is 3.32. The molecule has 0 amide bonds. The van der Waals surface area contributed by atoms with Crippen molar-refractivity contribution in [1.82, 2.24) is 4.98 Å². The van der Waals surface area contributed by atoms with Crippen molar-refractivity contribution in [2.24, 2.45) is 0 Å². The molecule has 1 heterocycles. The standard InChI is InChI=1S/C23H14BrN/c24-22-19-11-4-3-10-18(19)21(23-20(22)13-6-14-25-23)17-12-5-8-15-7-1-2-9-16(15)17/h1-14H. The van der Waals surface area contributed by atoms with Gasteiger partial charge in [-0.05, 0) is 49.1 Å². The zero-order valence-corrected chi connectivity index (χ0v) is 15.0. The minimum absolute atomic E-state index is 1.03. The van der Waals surface area contributed by atoms with Crippen molar-refractivity contribution in [3.05, 3.63) is 89.5 Å². The summed E-state index contributed by atoms with van der Waals surface area (Å²) in [6, 6.07) is 27.7. The Morgan fingerprint density at radius 3 is 2.16 bits per heavy atom. The van der Waals surface area contributed by atoms with Gasteiger partial charge >= 0.3 is 0 Å². The average molecular weight is 384 g/mol. The van der Waals surface area contributed by atoms with Crippen molar-refractivity contribution < 1.29 is 0 Å². The molecular formula is C23H14BrN. The molecule has 0 atom stereocenters. The van der Waals surface area contributed by atoms with Crippen LogP contribution in [0.15, 0.2) is 89.5 Å². The SMILES string of the molecule is Brc1c2ccccc2c(-c2cccc3ccccc23)c2ncccc12. The van der Waals surface area contributed by atoms with Crippen LogP contribution in [0, 0.1) is 0 Å². The Bertz CT molecular complexity index is 1190. The average Bonchev–Trinajstić information content (AvgIpc) is 2.68. The molecule has 4 aromatic carbocycles. The molecule has 1 aromatic heterocycles. The predicted octanol–water partition coefficient (Wildman–Crippen LogP) is 6.97. The molecule has 5 rings (SSSR count). The molecule has 0 fully saturated rings. The van der Waals surface area contributed by atoms with Crippen molar-refractivity contribution in [2.45, 2.75) is 0 Å². The van der Waals surface area contributed by atoms with E-state index in [4.69, 9.17) is 4.98 Å². The smallest absolute Gasteiger partial charge is 0.0798 e. The number of hydrogen-bond donors (Lipinski definition) is 0. The van der Waals surface area contributed by atoms with Crippen LogP contribution in [0.5, 0.6) is 0 Å². The summed E-state index contributed by atoms with van der Waals surface area (Å²) < 4.78 is 1.11. The second-order valence-electron chi connectivity index (χ2n) is 6.16. The number of pyridine rings is 1. The fourth-order valence-electron chi connectivity index (χ4n) is 3.66. The molecule has 0 bridgehead atoms. The minimum Gasteiger partial charge on any atom is -0.256 e. The van der Waals surface area contributed by atoms with Crippen LogP contribution in [-0.4, -0.2) is 4.98 Å². The largest absolute Gasteiger partial charge is 0.256 e. The number of halogens is 1. The maximum absolute atomic E-state index is 4.75. The molecule has 2 heteroatoms. The minimum atomic E-state index is 1.03. The quantitative estimate of drug-likeness (QED) is 0.284. The summed E-state index contributed by atoms with van der Waals surface area (Å²) in [6.07, 6.45) is 1.87. The van der Waals surface area contributed by atoms with Crippen LogP contribution in [0.4, 0.5) is 0 Å². The number of hydrogen-bond acceptors (Lipinski definition) is 1. The van der Waals surface area contributed by atoms with Crippen LogP contribution in [0.2, 0.25) is 0 Å². The fourth-order valence-corrected chi connectivity index (χ4v) is 4.33. The lowest BCUT2D eigenvalue weighted by atomic mass is 9.91. The van der Waals surface area contributed by atoms with Gasteiger partial charge in [-0.25, -0.2) is 0 Å². The maximum Gasteiger partial charge on any atom is 0.0798 e. The Morgan fingerprint density at radius 1 is 0.600 bits per heavy atom. The van der Waals surface area contributed by atoms with Crippen LogP contribution < -0.4 is 0 Å². The van der Waals surface area contributed by atoms with Crippen molar-refractivity contribution in [1.29, 1.82) is 0 Å². The highest BCUT2D eigenvalue weighted by atomic mass is 79.9. The van der Waals surface area contributed by atoms with Gasteiger partial charge in [0, 0.05) is 21.6 Å². The topological polar surface area (TPSA) is 12.9 Å². The van der Waals surface area contributed by atoms with Gasteiger partial charge in [0.15, 0.2) is 0 Å². The van der Waals surface area contributed by atoms with E-state index in [0.29, 0.717) is 0 Å². The Balaban J connectivity index is 2.06. The number of nitrogens with zero attached hydrogens (tertiary/aromatic N) is 1. The summed E-state index contributed by atoms with van der Waals surface area (Å²) in [7, 11) is 0. The van der Waals surface area contributed by atoms with E-state index in [1.165, 1.54) is 32.7 Å². The molecule has 0 radical (unpaired) electrons. The summed E-state index contributed by atoms with van der Waals surface area (Å²) in [5.74, 6) is 0. The van der Waals surface area contributed by atoms with E-state index in [9.17, 15) is 0 Å². The summed E-state index contributed by atoms with van der Waals surface area (Å²) >= 11 is 3.80. The highest BCUT2D eigenvalue weighted by Gasteiger charge is 2.16. The first-order valence-corrected chi connectivity index (χ1v) is 9.07. The Labute approximate surface area is 154 Å². The van der Waals surface area contributed by atoms with Crippen molar-refractivity contribution >= 4 is 48.4 Å². The first kappa shape index (κ1) is 14.6. The number of rotatable bonds is 1. The van der Waals surface area contributed by atoms with Crippen LogP contribution in [0.1, 0.15) is 0 Å². The number of aromatic nitrogens is 1. The van der Waals surface area contributed by atoms with E-state index in [2.05, 4.69) is 88.7 Å². The van der Waals surface area contributed by atoms with Crippen molar-refractivity contribution in [3.63, 3.8) is 0 Å². The van der Waals surface area contributed by atoms with Crippen molar-refractivity contribution in [3.8, 4) is 11.1 Å². The molecule has 1 nitrogen and oxygen atoms in total. The number of benzene rings is 4. The van der Waals surface area contributed by atoms with Gasteiger partial charge in [-0.3, -0.25) is 4.98 Å². The summed E-state index contributed by atoms with van der Waals surface area (Å²) in [4.78, 5) is 4.75. The molecule has 0 aliphatic heterocycles. The molecular weight excluding hydrogens is 370 g/mol. The predicted molar refractivity (Wildman–Crippen MR) is 110 cm³/mol. The molecule has 5 aromatic rings. The molecule has 25 heavy (non-hydrogen) atoms. The van der Waals surface area contributed by atoms with Gasteiger partial charge in [-0.2, -0.15) is 0 Å². The molecule has 0 N–H and O–H groups in total. The molecule has 0 unspecified atom stereocenters. The monoisotopic (exact) mass is 383 g/mol. The number of fused-ring (bicyclic) bond motifs is 3. The first-order chi connectivity index (χ1) is 12.3. The van der Waals surface area contributed by atoms with Crippen molar-refractivity contribution in [2.75, 3.05) is 0 Å². The Morgan fingerprint density at radius 2 is 1.28 bits per heavy atom. The van der Waals surface area contributed by atoms with E-state index in [1.54, 1.807) is 0 Å². The molecule has 0 saturated carbocycles. The van der Waals surface area contributed by atoms with E-state index in [-0.39, 0.29) is 0 Å². The highest BCUT2D eigenvalue weighted by molar-refractivity contribution is 9.10. The lowest BCUT2D eigenvalue weighted by Crippen LogP contribution is -1.90. The van der Waals surface area contributed by atoms with Gasteiger partial charge in [0.25, 0.3) is 0 Å². The lowest BCUT2D eigenvalue weighted by Gasteiger charge is -2.15. The van der Waals surface area contributed by atoms with Crippen LogP contribution in [0.25, 0.3) is 43.6 Å². The second kappa shape index (κ2) is 5.68. The molecule has 118 valence electrons. The second-order valence-corrected chi connectivity index (χ2v) is 6.95. The molecule has 0 saturated heterocycles. The van der Waals surface area contributed by atoms with Gasteiger partial charge in [0.2, 0.25) is 0 Å². The third-order valence-corrected chi connectivity index (χ3v) is 5.63. The van der Waals surface area contributed by atoms with E-state index < -0.39 is 0 Å². The summed E-state index contributed by atoms with van der Waals surface area (Å²) in [5.41, 5.74) is 3.46. The van der Waals surface area contributed by atoms with Crippen LogP contribution in [-0.2, 0) is 0 Å². The molecule has 0 spiro atoms. The van der Waals surface area contributed by atoms with Gasteiger partial charge in [0.05, 0.1) is 5.52 Å². The van der Waals surface area contributed by atoms with Crippen LogP contribution in [0.3, 0.4) is 0 Å². The lowest BCUT2D eigenvalue weighted by molar-refractivity contribution is 1.42. The summed E-state index contributed by atoms with van der Waals surface area (Å²) in [6.45, 7) is 0. The maximum atomic E-state index is 4.75. The third kappa shape index (κ3) is 2.18. The fraction of sp³-hybridized carbons (Fsp3) is 0. The van der Waals surface area contributed by atoms with Gasteiger partial charge < -0.3 is 0 Å².